The Morgan fingerprint density at radius 2 is 1.88 bits per heavy atom. The molecule has 0 aliphatic heterocycles. The van der Waals surface area contributed by atoms with Crippen molar-refractivity contribution in [2.45, 2.75) is 26.3 Å². The maximum atomic E-state index is 6.23. The van der Waals surface area contributed by atoms with E-state index in [-0.39, 0.29) is 6.04 Å². The molecular formula is C15H18N2. The van der Waals surface area contributed by atoms with Gasteiger partial charge in [-0.3, -0.25) is 4.98 Å². The Labute approximate surface area is 103 Å². The maximum absolute atomic E-state index is 6.23. The Morgan fingerprint density at radius 3 is 2.53 bits per heavy atom. The third-order valence-corrected chi connectivity index (χ3v) is 2.99. The van der Waals surface area contributed by atoms with Crippen LogP contribution in [0.15, 0.2) is 42.6 Å². The van der Waals surface area contributed by atoms with Crippen LogP contribution in [0.25, 0.3) is 0 Å². The lowest BCUT2D eigenvalue weighted by Crippen LogP contribution is -2.15. The highest BCUT2D eigenvalue weighted by Crippen LogP contribution is 2.18. The van der Waals surface area contributed by atoms with Crippen molar-refractivity contribution >= 4 is 0 Å². The largest absolute Gasteiger partial charge is 0.324 e. The van der Waals surface area contributed by atoms with Gasteiger partial charge in [-0.2, -0.15) is 0 Å². The van der Waals surface area contributed by atoms with E-state index in [2.05, 4.69) is 30.1 Å². The van der Waals surface area contributed by atoms with E-state index in [0.29, 0.717) is 0 Å². The monoisotopic (exact) mass is 226 g/mol. The molecule has 0 amide bonds. The van der Waals surface area contributed by atoms with Gasteiger partial charge in [0, 0.05) is 24.4 Å². The molecule has 1 unspecified atom stereocenters. The summed E-state index contributed by atoms with van der Waals surface area (Å²) >= 11 is 0. The average molecular weight is 226 g/mol. The number of benzene rings is 1. The van der Waals surface area contributed by atoms with Crippen LogP contribution < -0.4 is 5.73 Å². The van der Waals surface area contributed by atoms with Crippen LogP contribution in [-0.4, -0.2) is 4.98 Å². The fourth-order valence-corrected chi connectivity index (χ4v) is 1.96. The lowest BCUT2D eigenvalue weighted by molar-refractivity contribution is 0.701. The van der Waals surface area contributed by atoms with Crippen LogP contribution in [0.4, 0.5) is 0 Å². The number of hydrogen-bond donors (Lipinski definition) is 1. The molecule has 1 aromatic carbocycles. The molecule has 0 aliphatic carbocycles. The van der Waals surface area contributed by atoms with Crippen LogP contribution >= 0.6 is 0 Å². The zero-order valence-corrected chi connectivity index (χ0v) is 10.4. The van der Waals surface area contributed by atoms with Crippen molar-refractivity contribution in [2.75, 3.05) is 0 Å². The highest BCUT2D eigenvalue weighted by atomic mass is 14.7. The second kappa shape index (κ2) is 5.11. The van der Waals surface area contributed by atoms with Gasteiger partial charge in [0.1, 0.15) is 0 Å². The molecule has 0 radical (unpaired) electrons. The van der Waals surface area contributed by atoms with Gasteiger partial charge < -0.3 is 5.73 Å². The third-order valence-electron chi connectivity index (χ3n) is 2.99. The standard InChI is InChI=1S/C15H18N2/c1-11-7-8-13(17-10-11)9-15(16)14-6-4-3-5-12(14)2/h3-8,10,15H,9,16H2,1-2H3. The minimum atomic E-state index is 0.0198. The van der Waals surface area contributed by atoms with E-state index in [9.17, 15) is 0 Å². The maximum Gasteiger partial charge on any atom is 0.0422 e. The van der Waals surface area contributed by atoms with E-state index in [4.69, 9.17) is 5.73 Å². The molecule has 1 atom stereocenters. The summed E-state index contributed by atoms with van der Waals surface area (Å²) in [6, 6.07) is 12.4. The summed E-state index contributed by atoms with van der Waals surface area (Å²) in [4.78, 5) is 4.39. The van der Waals surface area contributed by atoms with Gasteiger partial charge in [-0.1, -0.05) is 30.3 Å². The van der Waals surface area contributed by atoms with Gasteiger partial charge in [0.2, 0.25) is 0 Å². The van der Waals surface area contributed by atoms with E-state index in [1.807, 2.05) is 31.3 Å². The SMILES string of the molecule is Cc1ccc(CC(N)c2ccccc2C)nc1. The number of pyridine rings is 1. The minimum Gasteiger partial charge on any atom is -0.324 e. The summed E-state index contributed by atoms with van der Waals surface area (Å²) in [5.41, 5.74) is 10.9. The van der Waals surface area contributed by atoms with E-state index in [1.54, 1.807) is 0 Å². The summed E-state index contributed by atoms with van der Waals surface area (Å²) in [5, 5.41) is 0. The molecule has 2 N–H and O–H groups in total. The van der Waals surface area contributed by atoms with Crippen molar-refractivity contribution in [3.05, 3.63) is 65.0 Å². The van der Waals surface area contributed by atoms with Crippen LogP contribution in [0.3, 0.4) is 0 Å². The molecule has 0 fully saturated rings. The first-order chi connectivity index (χ1) is 8.16. The molecule has 0 saturated carbocycles. The number of rotatable bonds is 3. The highest BCUT2D eigenvalue weighted by Gasteiger charge is 2.09. The van der Waals surface area contributed by atoms with E-state index in [0.717, 1.165) is 12.1 Å². The fourth-order valence-electron chi connectivity index (χ4n) is 1.96. The van der Waals surface area contributed by atoms with Gasteiger partial charge in [0.15, 0.2) is 0 Å². The van der Waals surface area contributed by atoms with Crippen LogP contribution in [0.1, 0.15) is 28.4 Å². The predicted molar refractivity (Wildman–Crippen MR) is 70.8 cm³/mol. The van der Waals surface area contributed by atoms with Crippen molar-refractivity contribution in [2.24, 2.45) is 5.73 Å². The number of nitrogens with zero attached hydrogens (tertiary/aromatic N) is 1. The van der Waals surface area contributed by atoms with E-state index >= 15 is 0 Å². The molecule has 2 rings (SSSR count). The Morgan fingerprint density at radius 1 is 1.12 bits per heavy atom. The molecule has 2 aromatic rings. The summed E-state index contributed by atoms with van der Waals surface area (Å²) in [6.45, 7) is 4.13. The lowest BCUT2D eigenvalue weighted by atomic mass is 9.98. The molecule has 0 saturated heterocycles. The van der Waals surface area contributed by atoms with Crippen LogP contribution in [0, 0.1) is 13.8 Å². The number of hydrogen-bond acceptors (Lipinski definition) is 2. The highest BCUT2D eigenvalue weighted by molar-refractivity contribution is 5.29. The van der Waals surface area contributed by atoms with Crippen LogP contribution in [0.5, 0.6) is 0 Å². The summed E-state index contributed by atoms with van der Waals surface area (Å²) in [6.07, 6.45) is 2.67. The molecule has 0 bridgehead atoms. The van der Waals surface area contributed by atoms with Gasteiger partial charge in [0.25, 0.3) is 0 Å². The quantitative estimate of drug-likeness (QED) is 0.874. The molecule has 1 aromatic heterocycles. The first kappa shape index (κ1) is 11.8. The third kappa shape index (κ3) is 2.92. The fraction of sp³-hybridized carbons (Fsp3) is 0.267. The molecule has 0 spiro atoms. The molecule has 88 valence electrons. The van der Waals surface area contributed by atoms with Crippen molar-refractivity contribution in [1.29, 1.82) is 0 Å². The first-order valence-electron chi connectivity index (χ1n) is 5.89. The molecule has 1 heterocycles. The number of aryl methyl sites for hydroxylation is 2. The van der Waals surface area contributed by atoms with Gasteiger partial charge in [-0.15, -0.1) is 0 Å². The van der Waals surface area contributed by atoms with Crippen molar-refractivity contribution in [3.63, 3.8) is 0 Å². The zero-order chi connectivity index (χ0) is 12.3. The van der Waals surface area contributed by atoms with Gasteiger partial charge in [-0.05, 0) is 36.6 Å². The Balaban J connectivity index is 2.14. The van der Waals surface area contributed by atoms with Crippen molar-refractivity contribution in [1.82, 2.24) is 4.98 Å². The summed E-state index contributed by atoms with van der Waals surface area (Å²) in [5.74, 6) is 0. The average Bonchev–Trinajstić information content (AvgIpc) is 2.32. The Kier molecular flexibility index (Phi) is 3.55. The van der Waals surface area contributed by atoms with Gasteiger partial charge >= 0.3 is 0 Å². The van der Waals surface area contributed by atoms with Crippen molar-refractivity contribution < 1.29 is 0 Å². The summed E-state index contributed by atoms with van der Waals surface area (Å²) in [7, 11) is 0. The summed E-state index contributed by atoms with van der Waals surface area (Å²) < 4.78 is 0. The van der Waals surface area contributed by atoms with Crippen LogP contribution in [0.2, 0.25) is 0 Å². The Bertz CT molecular complexity index is 489. The lowest BCUT2D eigenvalue weighted by Gasteiger charge is -2.14. The minimum absolute atomic E-state index is 0.0198. The van der Waals surface area contributed by atoms with E-state index < -0.39 is 0 Å². The topological polar surface area (TPSA) is 38.9 Å². The Hall–Kier alpha value is -1.67. The predicted octanol–water partition coefficient (Wildman–Crippen LogP) is 2.94. The van der Waals surface area contributed by atoms with Gasteiger partial charge in [0.05, 0.1) is 0 Å². The van der Waals surface area contributed by atoms with E-state index in [1.165, 1.54) is 16.7 Å². The number of nitrogens with two attached hydrogens (primary N) is 1. The first-order valence-corrected chi connectivity index (χ1v) is 5.89. The molecule has 2 heteroatoms. The molecule has 2 nitrogen and oxygen atoms in total. The zero-order valence-electron chi connectivity index (χ0n) is 10.4. The second-order valence-corrected chi connectivity index (χ2v) is 4.49. The second-order valence-electron chi connectivity index (χ2n) is 4.49. The van der Waals surface area contributed by atoms with Crippen molar-refractivity contribution in [3.8, 4) is 0 Å². The van der Waals surface area contributed by atoms with Gasteiger partial charge in [-0.25, -0.2) is 0 Å². The number of aromatic nitrogens is 1. The molecule has 17 heavy (non-hydrogen) atoms. The molecule has 0 aliphatic rings. The van der Waals surface area contributed by atoms with Crippen LogP contribution in [-0.2, 0) is 6.42 Å². The smallest absolute Gasteiger partial charge is 0.0422 e. The normalized spacial score (nSPS) is 12.4. The molecular weight excluding hydrogens is 208 g/mol.